The molecular weight excluding hydrogens is 248 g/mol. The van der Waals surface area contributed by atoms with Crippen LogP contribution in [0, 0.1) is 11.3 Å². The van der Waals surface area contributed by atoms with Gasteiger partial charge in [-0.3, -0.25) is 0 Å². The van der Waals surface area contributed by atoms with Crippen LogP contribution in [0.2, 0.25) is 0 Å². The lowest BCUT2D eigenvalue weighted by Crippen LogP contribution is -2.53. The van der Waals surface area contributed by atoms with Gasteiger partial charge in [0.05, 0.1) is 6.10 Å². The number of carbonyl (C=O) groups is 2. The summed E-state index contributed by atoms with van der Waals surface area (Å²) in [7, 11) is 0. The molecule has 2 unspecified atom stereocenters. The Morgan fingerprint density at radius 2 is 2.05 bits per heavy atom. The molecule has 2 amide bonds. The van der Waals surface area contributed by atoms with Crippen molar-refractivity contribution in [3.05, 3.63) is 0 Å². The second kappa shape index (κ2) is 6.23. The molecule has 0 aromatic carbocycles. The molecule has 110 valence electrons. The van der Waals surface area contributed by atoms with E-state index in [0.29, 0.717) is 12.5 Å². The molecule has 6 nitrogen and oxygen atoms in total. The molecule has 1 aliphatic heterocycles. The van der Waals surface area contributed by atoms with E-state index in [1.807, 2.05) is 6.92 Å². The summed E-state index contributed by atoms with van der Waals surface area (Å²) in [6.07, 6.45) is 1.06. The molecule has 3 atom stereocenters. The number of rotatable bonds is 4. The molecule has 3 N–H and O–H groups in total. The van der Waals surface area contributed by atoms with Crippen molar-refractivity contribution in [3.63, 3.8) is 0 Å². The SMILES string of the molecule is CC1OCCC1CNC(=O)N[C@@H](C(=O)O)C(C)(C)C. The molecule has 1 fully saturated rings. The number of urea groups is 1. The number of nitrogens with one attached hydrogen (secondary N) is 2. The zero-order valence-corrected chi connectivity index (χ0v) is 12.0. The van der Waals surface area contributed by atoms with E-state index in [2.05, 4.69) is 10.6 Å². The first-order valence-electron chi connectivity index (χ1n) is 6.60. The molecular formula is C13H24N2O4. The molecule has 0 spiro atoms. The van der Waals surface area contributed by atoms with Gasteiger partial charge in [0.25, 0.3) is 0 Å². The Bertz CT molecular complexity index is 338. The van der Waals surface area contributed by atoms with Crippen LogP contribution in [0.1, 0.15) is 34.1 Å². The fraction of sp³-hybridized carbons (Fsp3) is 0.846. The second-order valence-electron chi connectivity index (χ2n) is 6.12. The summed E-state index contributed by atoms with van der Waals surface area (Å²) in [5.74, 6) is -0.733. The monoisotopic (exact) mass is 272 g/mol. The standard InChI is InChI=1S/C13H24N2O4/c1-8-9(5-6-19-8)7-14-12(18)15-10(11(16)17)13(2,3)4/h8-10H,5-7H2,1-4H3,(H,16,17)(H2,14,15,18)/t8?,9?,10-/m0/s1. The zero-order chi connectivity index (χ0) is 14.6. The predicted octanol–water partition coefficient (Wildman–Crippen LogP) is 1.21. The number of hydrogen-bond acceptors (Lipinski definition) is 3. The highest BCUT2D eigenvalue weighted by atomic mass is 16.5. The molecule has 0 radical (unpaired) electrons. The second-order valence-corrected chi connectivity index (χ2v) is 6.12. The number of amides is 2. The Hall–Kier alpha value is -1.30. The number of carboxylic acid groups (broad SMARTS) is 1. The topological polar surface area (TPSA) is 87.7 Å². The lowest BCUT2D eigenvalue weighted by atomic mass is 9.87. The summed E-state index contributed by atoms with van der Waals surface area (Å²) in [4.78, 5) is 22.9. The average Bonchev–Trinajstić information content (AvgIpc) is 2.67. The van der Waals surface area contributed by atoms with Crippen LogP contribution in [0.5, 0.6) is 0 Å². The molecule has 0 saturated carbocycles. The Labute approximate surface area is 113 Å². The first-order valence-corrected chi connectivity index (χ1v) is 6.60. The van der Waals surface area contributed by atoms with Gasteiger partial charge in [0.1, 0.15) is 6.04 Å². The van der Waals surface area contributed by atoms with Crippen LogP contribution in [0.15, 0.2) is 0 Å². The first-order chi connectivity index (χ1) is 8.71. The summed E-state index contributed by atoms with van der Waals surface area (Å²) >= 11 is 0. The molecule has 0 aromatic heterocycles. The fourth-order valence-corrected chi connectivity index (χ4v) is 2.10. The smallest absolute Gasteiger partial charge is 0.326 e. The number of ether oxygens (including phenoxy) is 1. The predicted molar refractivity (Wildman–Crippen MR) is 70.9 cm³/mol. The molecule has 0 aliphatic carbocycles. The van der Waals surface area contributed by atoms with Gasteiger partial charge in [-0.25, -0.2) is 9.59 Å². The summed E-state index contributed by atoms with van der Waals surface area (Å²) < 4.78 is 5.41. The summed E-state index contributed by atoms with van der Waals surface area (Å²) in [6.45, 7) is 8.53. The van der Waals surface area contributed by atoms with E-state index in [-0.39, 0.29) is 6.10 Å². The average molecular weight is 272 g/mol. The molecule has 1 heterocycles. The maximum Gasteiger partial charge on any atom is 0.326 e. The van der Waals surface area contributed by atoms with Crippen LogP contribution in [0.25, 0.3) is 0 Å². The fourth-order valence-electron chi connectivity index (χ4n) is 2.10. The van der Waals surface area contributed by atoms with E-state index < -0.39 is 23.5 Å². The van der Waals surface area contributed by atoms with Crippen molar-refractivity contribution in [2.75, 3.05) is 13.2 Å². The van der Waals surface area contributed by atoms with E-state index in [1.165, 1.54) is 0 Å². The minimum Gasteiger partial charge on any atom is -0.480 e. The number of carbonyl (C=O) groups excluding carboxylic acids is 1. The van der Waals surface area contributed by atoms with Gasteiger partial charge < -0.3 is 20.5 Å². The van der Waals surface area contributed by atoms with Crippen molar-refractivity contribution >= 4 is 12.0 Å². The molecule has 0 bridgehead atoms. The molecule has 0 aromatic rings. The number of hydrogen-bond donors (Lipinski definition) is 3. The highest BCUT2D eigenvalue weighted by Crippen LogP contribution is 2.20. The van der Waals surface area contributed by atoms with Crippen LogP contribution in [-0.2, 0) is 9.53 Å². The summed E-state index contributed by atoms with van der Waals surface area (Å²) in [5, 5.41) is 14.3. The van der Waals surface area contributed by atoms with E-state index in [4.69, 9.17) is 9.84 Å². The molecule has 6 heteroatoms. The van der Waals surface area contributed by atoms with Gasteiger partial charge in [-0.05, 0) is 18.8 Å². The van der Waals surface area contributed by atoms with Crippen molar-refractivity contribution in [3.8, 4) is 0 Å². The molecule has 1 rings (SSSR count). The van der Waals surface area contributed by atoms with Crippen molar-refractivity contribution in [1.82, 2.24) is 10.6 Å². The Balaban J connectivity index is 2.43. The van der Waals surface area contributed by atoms with Crippen LogP contribution in [0.3, 0.4) is 0 Å². The Morgan fingerprint density at radius 1 is 1.42 bits per heavy atom. The zero-order valence-electron chi connectivity index (χ0n) is 12.0. The van der Waals surface area contributed by atoms with E-state index in [9.17, 15) is 9.59 Å². The van der Waals surface area contributed by atoms with Gasteiger partial charge in [0.2, 0.25) is 0 Å². The number of aliphatic carboxylic acids is 1. The van der Waals surface area contributed by atoms with E-state index >= 15 is 0 Å². The summed E-state index contributed by atoms with van der Waals surface area (Å²) in [6, 6.07) is -1.36. The maximum atomic E-state index is 11.7. The van der Waals surface area contributed by atoms with Crippen LogP contribution >= 0.6 is 0 Å². The number of carboxylic acids is 1. The van der Waals surface area contributed by atoms with Crippen molar-refractivity contribution in [2.24, 2.45) is 11.3 Å². The Morgan fingerprint density at radius 3 is 2.47 bits per heavy atom. The van der Waals surface area contributed by atoms with Crippen LogP contribution < -0.4 is 10.6 Å². The maximum absolute atomic E-state index is 11.7. The molecule has 1 aliphatic rings. The van der Waals surface area contributed by atoms with Gasteiger partial charge in [-0.1, -0.05) is 20.8 Å². The lowest BCUT2D eigenvalue weighted by molar-refractivity contribution is -0.141. The minimum atomic E-state index is -1.03. The van der Waals surface area contributed by atoms with E-state index in [1.54, 1.807) is 20.8 Å². The van der Waals surface area contributed by atoms with Crippen LogP contribution in [0.4, 0.5) is 4.79 Å². The molecule has 19 heavy (non-hydrogen) atoms. The third-order valence-corrected chi connectivity index (χ3v) is 3.45. The van der Waals surface area contributed by atoms with Gasteiger partial charge in [0, 0.05) is 19.1 Å². The quantitative estimate of drug-likeness (QED) is 0.718. The Kier molecular flexibility index (Phi) is 5.17. The first kappa shape index (κ1) is 15.8. The van der Waals surface area contributed by atoms with Gasteiger partial charge in [-0.15, -0.1) is 0 Å². The lowest BCUT2D eigenvalue weighted by Gasteiger charge is -2.28. The largest absolute Gasteiger partial charge is 0.480 e. The van der Waals surface area contributed by atoms with Gasteiger partial charge >= 0.3 is 12.0 Å². The highest BCUT2D eigenvalue weighted by molar-refractivity contribution is 5.83. The highest BCUT2D eigenvalue weighted by Gasteiger charge is 2.33. The summed E-state index contributed by atoms with van der Waals surface area (Å²) in [5.41, 5.74) is -0.535. The third kappa shape index (κ3) is 4.70. The molecule has 1 saturated heterocycles. The van der Waals surface area contributed by atoms with Crippen molar-refractivity contribution in [2.45, 2.75) is 46.3 Å². The van der Waals surface area contributed by atoms with Crippen molar-refractivity contribution < 1.29 is 19.4 Å². The van der Waals surface area contributed by atoms with Crippen LogP contribution in [-0.4, -0.2) is 42.4 Å². The van der Waals surface area contributed by atoms with Gasteiger partial charge in [-0.2, -0.15) is 0 Å². The minimum absolute atomic E-state index is 0.137. The normalized spacial score (nSPS) is 24.8. The van der Waals surface area contributed by atoms with Crippen molar-refractivity contribution in [1.29, 1.82) is 0 Å². The van der Waals surface area contributed by atoms with Gasteiger partial charge in [0.15, 0.2) is 0 Å². The third-order valence-electron chi connectivity index (χ3n) is 3.45. The van der Waals surface area contributed by atoms with E-state index in [0.717, 1.165) is 13.0 Å².